The fourth-order valence-electron chi connectivity index (χ4n) is 6.63. The van der Waals surface area contributed by atoms with Crippen LogP contribution in [0.2, 0.25) is 5.02 Å². The largest absolute Gasteiger partial charge is 0.369 e. The minimum Gasteiger partial charge on any atom is -0.369 e. The minimum atomic E-state index is -0.596. The number of aromatic nitrogens is 3. The Labute approximate surface area is 267 Å². The summed E-state index contributed by atoms with van der Waals surface area (Å²) in [6.07, 6.45) is 3.55. The number of aryl methyl sites for hydroxylation is 2. The predicted octanol–water partition coefficient (Wildman–Crippen LogP) is 5.94. The number of piperidine rings is 1. The second kappa shape index (κ2) is 12.8. The number of carbonyl (C=O) groups excluding carboxylic acids is 1. The standard InChI is InChI=1S/C34H39ClFN7O2/c1-5-29(44)42-13-7-8-24(20-42)43-32-26(22(3)30(33(43)45)25-9-6-10-27(36)31(25)35)19-37-34(39-32)38-23-11-12-28(21(2)18-23)41-16-14-40(4)15-17-41/h6,9-12,18-19,24H,5,7-8,13-17,20H2,1-4H3,(H,37,38,39). The third-order valence-corrected chi connectivity index (χ3v) is 9.53. The number of benzene rings is 2. The van der Waals surface area contributed by atoms with Gasteiger partial charge in [-0.05, 0) is 69.1 Å². The number of likely N-dealkylation sites (tertiary alicyclic amines) is 1. The topological polar surface area (TPSA) is 86.6 Å². The second-order valence-corrected chi connectivity index (χ2v) is 12.5. The molecule has 2 aliphatic rings. The SMILES string of the molecule is CCC(=O)N1CCCC(n2c(=O)c(-c3cccc(F)c3Cl)c(C)c3cnc(Nc4ccc(N5CCN(C)CC5)c(C)c4)nc32)C1. The van der Waals surface area contributed by atoms with Gasteiger partial charge in [-0.15, -0.1) is 0 Å². The highest BCUT2D eigenvalue weighted by Crippen LogP contribution is 2.35. The minimum absolute atomic E-state index is 0.0462. The lowest BCUT2D eigenvalue weighted by atomic mass is 9.98. The number of nitrogens with zero attached hydrogens (tertiary/aromatic N) is 6. The monoisotopic (exact) mass is 631 g/mol. The first-order valence-corrected chi connectivity index (χ1v) is 16.0. The molecule has 2 aromatic heterocycles. The van der Waals surface area contributed by atoms with Crippen LogP contribution in [0.25, 0.3) is 22.2 Å². The molecular weight excluding hydrogens is 593 g/mol. The maximum Gasteiger partial charge on any atom is 0.260 e. The van der Waals surface area contributed by atoms with E-state index in [4.69, 9.17) is 16.6 Å². The number of likely N-dealkylation sites (N-methyl/N-ethyl adjacent to an activating group) is 1. The van der Waals surface area contributed by atoms with Crippen LogP contribution >= 0.6 is 11.6 Å². The molecular formula is C34H39ClFN7O2. The summed E-state index contributed by atoms with van der Waals surface area (Å²) in [4.78, 5) is 43.2. The fraction of sp³-hybridized carbons (Fsp3) is 0.412. The van der Waals surface area contributed by atoms with Gasteiger partial charge < -0.3 is 20.0 Å². The predicted molar refractivity (Wildman–Crippen MR) is 178 cm³/mol. The molecule has 2 aromatic carbocycles. The molecule has 2 aliphatic heterocycles. The molecule has 236 valence electrons. The van der Waals surface area contributed by atoms with Gasteiger partial charge in [0.05, 0.1) is 16.6 Å². The number of fused-ring (bicyclic) bond motifs is 1. The average Bonchev–Trinajstić information content (AvgIpc) is 3.03. The van der Waals surface area contributed by atoms with Gasteiger partial charge in [-0.3, -0.25) is 14.2 Å². The Morgan fingerprint density at radius 2 is 1.89 bits per heavy atom. The number of halogens is 2. The van der Waals surface area contributed by atoms with Gasteiger partial charge in [0.15, 0.2) is 0 Å². The van der Waals surface area contributed by atoms with Crippen LogP contribution in [-0.4, -0.2) is 76.6 Å². The van der Waals surface area contributed by atoms with Crippen molar-refractivity contribution in [3.05, 3.63) is 74.9 Å². The summed E-state index contributed by atoms with van der Waals surface area (Å²) in [6, 6.07) is 10.4. The van der Waals surface area contributed by atoms with E-state index in [1.165, 1.54) is 11.8 Å². The molecule has 2 saturated heterocycles. The average molecular weight is 632 g/mol. The van der Waals surface area contributed by atoms with E-state index in [0.29, 0.717) is 59.6 Å². The molecule has 1 unspecified atom stereocenters. The molecule has 0 aliphatic carbocycles. The van der Waals surface area contributed by atoms with Crippen molar-refractivity contribution in [2.45, 2.75) is 46.1 Å². The first-order valence-electron chi connectivity index (χ1n) is 15.6. The van der Waals surface area contributed by atoms with Gasteiger partial charge in [0.1, 0.15) is 11.5 Å². The van der Waals surface area contributed by atoms with E-state index >= 15 is 0 Å². The quantitative estimate of drug-likeness (QED) is 0.282. The first kappa shape index (κ1) is 31.0. The number of piperazine rings is 1. The Hall–Kier alpha value is -4.02. The number of anilines is 3. The van der Waals surface area contributed by atoms with E-state index in [-0.39, 0.29) is 22.5 Å². The van der Waals surface area contributed by atoms with Gasteiger partial charge in [-0.1, -0.05) is 30.7 Å². The molecule has 4 heterocycles. The van der Waals surface area contributed by atoms with E-state index in [1.54, 1.807) is 22.9 Å². The molecule has 2 fully saturated rings. The van der Waals surface area contributed by atoms with Crippen LogP contribution < -0.4 is 15.8 Å². The van der Waals surface area contributed by atoms with Crippen LogP contribution in [0.1, 0.15) is 43.4 Å². The van der Waals surface area contributed by atoms with Crippen LogP contribution in [0.4, 0.5) is 21.7 Å². The maximum atomic E-state index is 14.6. The van der Waals surface area contributed by atoms with Gasteiger partial charge in [-0.2, -0.15) is 4.98 Å². The smallest absolute Gasteiger partial charge is 0.260 e. The lowest BCUT2D eigenvalue weighted by molar-refractivity contribution is -0.132. The van der Waals surface area contributed by atoms with Crippen molar-refractivity contribution in [2.75, 3.05) is 56.5 Å². The Morgan fingerprint density at radius 1 is 1.11 bits per heavy atom. The highest BCUT2D eigenvalue weighted by molar-refractivity contribution is 6.33. The maximum absolute atomic E-state index is 14.6. The summed E-state index contributed by atoms with van der Waals surface area (Å²) in [5, 5.41) is 3.90. The summed E-state index contributed by atoms with van der Waals surface area (Å²) in [5.74, 6) is -0.192. The number of carbonyl (C=O) groups is 1. The molecule has 45 heavy (non-hydrogen) atoms. The van der Waals surface area contributed by atoms with Crippen LogP contribution in [0.15, 0.2) is 47.4 Å². The second-order valence-electron chi connectivity index (χ2n) is 12.1. The van der Waals surface area contributed by atoms with E-state index in [9.17, 15) is 14.0 Å². The number of amides is 1. The fourth-order valence-corrected chi connectivity index (χ4v) is 6.85. The summed E-state index contributed by atoms with van der Waals surface area (Å²) >= 11 is 6.42. The molecule has 9 nitrogen and oxygen atoms in total. The van der Waals surface area contributed by atoms with Crippen molar-refractivity contribution < 1.29 is 9.18 Å². The molecule has 0 radical (unpaired) electrons. The third-order valence-electron chi connectivity index (χ3n) is 9.14. The summed E-state index contributed by atoms with van der Waals surface area (Å²) in [5.41, 5.74) is 4.61. The van der Waals surface area contributed by atoms with Crippen molar-refractivity contribution in [1.29, 1.82) is 0 Å². The lowest BCUT2D eigenvalue weighted by Crippen LogP contribution is -2.44. The Morgan fingerprint density at radius 3 is 2.62 bits per heavy atom. The Bertz CT molecular complexity index is 1820. The van der Waals surface area contributed by atoms with Crippen LogP contribution in [0.5, 0.6) is 0 Å². The Kier molecular flexibility index (Phi) is 8.79. The van der Waals surface area contributed by atoms with Crippen LogP contribution in [-0.2, 0) is 4.79 Å². The van der Waals surface area contributed by atoms with Crippen molar-refractivity contribution in [3.63, 3.8) is 0 Å². The summed E-state index contributed by atoms with van der Waals surface area (Å²) in [6.45, 7) is 10.8. The summed E-state index contributed by atoms with van der Waals surface area (Å²) in [7, 11) is 2.15. The van der Waals surface area contributed by atoms with Gasteiger partial charge >= 0.3 is 0 Å². The highest BCUT2D eigenvalue weighted by atomic mass is 35.5. The molecule has 1 amide bonds. The van der Waals surface area contributed by atoms with Crippen molar-refractivity contribution in [3.8, 4) is 11.1 Å². The summed E-state index contributed by atoms with van der Waals surface area (Å²) < 4.78 is 16.3. The van der Waals surface area contributed by atoms with Gasteiger partial charge in [0, 0.05) is 74.2 Å². The number of hydrogen-bond donors (Lipinski definition) is 1. The number of rotatable bonds is 6. The molecule has 1 atom stereocenters. The van der Waals surface area contributed by atoms with Crippen LogP contribution in [0, 0.1) is 19.7 Å². The van der Waals surface area contributed by atoms with Crippen LogP contribution in [0.3, 0.4) is 0 Å². The van der Waals surface area contributed by atoms with Crippen molar-refractivity contribution >= 4 is 45.9 Å². The van der Waals surface area contributed by atoms with E-state index in [0.717, 1.165) is 43.9 Å². The van der Waals surface area contributed by atoms with E-state index in [2.05, 4.69) is 46.2 Å². The molecule has 1 N–H and O–H groups in total. The third kappa shape index (κ3) is 6.01. The van der Waals surface area contributed by atoms with Gasteiger partial charge in [0.2, 0.25) is 11.9 Å². The number of nitrogens with one attached hydrogen (secondary N) is 1. The van der Waals surface area contributed by atoms with Crippen molar-refractivity contribution in [1.82, 2.24) is 24.3 Å². The van der Waals surface area contributed by atoms with Gasteiger partial charge in [0.25, 0.3) is 5.56 Å². The molecule has 0 bridgehead atoms. The number of pyridine rings is 1. The molecule has 4 aromatic rings. The first-order chi connectivity index (χ1) is 21.7. The van der Waals surface area contributed by atoms with Gasteiger partial charge in [-0.25, -0.2) is 9.37 Å². The van der Waals surface area contributed by atoms with Crippen molar-refractivity contribution in [2.24, 2.45) is 0 Å². The zero-order chi connectivity index (χ0) is 31.8. The Balaban J connectivity index is 1.43. The molecule has 11 heteroatoms. The molecule has 6 rings (SSSR count). The molecule has 0 spiro atoms. The zero-order valence-corrected chi connectivity index (χ0v) is 27.0. The highest BCUT2D eigenvalue weighted by Gasteiger charge is 2.29. The van der Waals surface area contributed by atoms with E-state index in [1.807, 2.05) is 24.8 Å². The lowest BCUT2D eigenvalue weighted by Gasteiger charge is -2.35. The van der Waals surface area contributed by atoms with E-state index < -0.39 is 5.82 Å². The molecule has 0 saturated carbocycles. The zero-order valence-electron chi connectivity index (χ0n) is 26.2. The number of hydrogen-bond acceptors (Lipinski definition) is 7. The normalized spacial score (nSPS) is 17.6.